The summed E-state index contributed by atoms with van der Waals surface area (Å²) < 4.78 is 13.6. The lowest BCUT2D eigenvalue weighted by molar-refractivity contribution is 0.660. The number of para-hydroxylation sites is 1. The lowest BCUT2D eigenvalue weighted by atomic mass is 9.82. The maximum atomic E-state index is 7.20. The summed E-state index contributed by atoms with van der Waals surface area (Å²) in [4.78, 5) is 2.46. The molecule has 12 rings (SSSR count). The lowest BCUT2D eigenvalue weighted by Crippen LogP contribution is -2.17. The first-order valence-electron chi connectivity index (χ1n) is 20.0. The van der Waals surface area contributed by atoms with Crippen molar-refractivity contribution in [1.29, 1.82) is 0 Å². The first-order valence-corrected chi connectivity index (χ1v) is 20.0. The van der Waals surface area contributed by atoms with Gasteiger partial charge in [-0.05, 0) is 86.8 Å². The van der Waals surface area contributed by atoms with E-state index in [4.69, 9.17) is 8.83 Å². The number of hydrogen-bond acceptors (Lipinski definition) is 3. The Kier molecular flexibility index (Phi) is 6.98. The van der Waals surface area contributed by atoms with Gasteiger partial charge in [0.15, 0.2) is 5.58 Å². The molecule has 0 N–H and O–H groups in total. The summed E-state index contributed by atoms with van der Waals surface area (Å²) in [7, 11) is 0. The van der Waals surface area contributed by atoms with Crippen molar-refractivity contribution in [3.63, 3.8) is 0 Å². The van der Waals surface area contributed by atoms with Crippen molar-refractivity contribution in [3.8, 4) is 33.4 Å². The third-order valence-electron chi connectivity index (χ3n) is 12.5. The zero-order chi connectivity index (χ0) is 38.5. The van der Waals surface area contributed by atoms with Gasteiger partial charge in [-0.25, -0.2) is 0 Å². The Labute approximate surface area is 336 Å². The van der Waals surface area contributed by atoms with Crippen molar-refractivity contribution in [1.82, 2.24) is 0 Å². The molecular weight excluding hydrogens is 707 g/mol. The molecule has 9 aromatic carbocycles. The minimum Gasteiger partial charge on any atom is -0.456 e. The van der Waals surface area contributed by atoms with Gasteiger partial charge in [0.2, 0.25) is 0 Å². The molecular formula is C55H37NO2. The van der Waals surface area contributed by atoms with Crippen LogP contribution < -0.4 is 4.90 Å². The first kappa shape index (κ1) is 32.8. The van der Waals surface area contributed by atoms with Crippen molar-refractivity contribution in [2.24, 2.45) is 0 Å². The van der Waals surface area contributed by atoms with E-state index in [0.29, 0.717) is 0 Å². The highest BCUT2D eigenvalue weighted by atomic mass is 16.3. The van der Waals surface area contributed by atoms with Crippen molar-refractivity contribution >= 4 is 71.7 Å². The van der Waals surface area contributed by atoms with E-state index in [2.05, 4.69) is 189 Å². The van der Waals surface area contributed by atoms with Gasteiger partial charge >= 0.3 is 0 Å². The van der Waals surface area contributed by atoms with Crippen molar-refractivity contribution in [2.45, 2.75) is 19.3 Å². The quantitative estimate of drug-likeness (QED) is 0.176. The normalized spacial score (nSPS) is 13.1. The number of rotatable bonds is 5. The van der Waals surface area contributed by atoms with Crippen LogP contribution in [0, 0.1) is 0 Å². The summed E-state index contributed by atoms with van der Waals surface area (Å²) in [6, 6.07) is 67.7. The van der Waals surface area contributed by atoms with Gasteiger partial charge in [-0.1, -0.05) is 159 Å². The van der Waals surface area contributed by atoms with Gasteiger partial charge < -0.3 is 13.7 Å². The molecule has 58 heavy (non-hydrogen) atoms. The lowest BCUT2D eigenvalue weighted by Gasteiger charge is -2.30. The molecule has 3 nitrogen and oxygen atoms in total. The molecule has 11 aromatic rings. The maximum absolute atomic E-state index is 7.20. The molecule has 0 atom stereocenters. The number of benzene rings is 9. The van der Waals surface area contributed by atoms with E-state index in [9.17, 15) is 0 Å². The predicted molar refractivity (Wildman–Crippen MR) is 242 cm³/mol. The van der Waals surface area contributed by atoms with Crippen LogP contribution in [0.4, 0.5) is 17.1 Å². The van der Waals surface area contributed by atoms with Gasteiger partial charge in [0.25, 0.3) is 0 Å². The Balaban J connectivity index is 1.20. The van der Waals surface area contributed by atoms with Crippen LogP contribution in [0.5, 0.6) is 0 Å². The van der Waals surface area contributed by atoms with Gasteiger partial charge in [-0.3, -0.25) is 0 Å². The van der Waals surface area contributed by atoms with E-state index in [-0.39, 0.29) is 5.41 Å². The Morgan fingerprint density at radius 3 is 1.91 bits per heavy atom. The average Bonchev–Trinajstić information content (AvgIpc) is 3.92. The molecule has 3 heteroatoms. The molecule has 0 radical (unpaired) electrons. The summed E-state index contributed by atoms with van der Waals surface area (Å²) in [5.41, 5.74) is 16.2. The molecule has 274 valence electrons. The van der Waals surface area contributed by atoms with Crippen molar-refractivity contribution < 1.29 is 8.83 Å². The molecule has 0 aliphatic heterocycles. The molecule has 0 saturated carbocycles. The Hall–Kier alpha value is -7.36. The third-order valence-corrected chi connectivity index (χ3v) is 12.5. The molecule has 2 aromatic heterocycles. The highest BCUT2D eigenvalue weighted by molar-refractivity contribution is 6.28. The van der Waals surface area contributed by atoms with E-state index in [0.717, 1.165) is 77.5 Å². The maximum Gasteiger partial charge on any atom is 0.160 e. The average molecular weight is 744 g/mol. The van der Waals surface area contributed by atoms with Crippen LogP contribution in [-0.4, -0.2) is 0 Å². The second kappa shape index (κ2) is 12.3. The molecule has 0 fully saturated rings. The Bertz CT molecular complexity index is 3420. The predicted octanol–water partition coefficient (Wildman–Crippen LogP) is 15.7. The monoisotopic (exact) mass is 743 g/mol. The van der Waals surface area contributed by atoms with Gasteiger partial charge in [0.05, 0.1) is 11.4 Å². The second-order valence-electron chi connectivity index (χ2n) is 16.0. The highest BCUT2D eigenvalue weighted by Crippen LogP contribution is 2.54. The van der Waals surface area contributed by atoms with Gasteiger partial charge in [0, 0.05) is 43.6 Å². The highest BCUT2D eigenvalue weighted by Gasteiger charge is 2.36. The first-order chi connectivity index (χ1) is 28.5. The molecule has 0 saturated heterocycles. The molecule has 0 bridgehead atoms. The van der Waals surface area contributed by atoms with Crippen LogP contribution >= 0.6 is 0 Å². The van der Waals surface area contributed by atoms with Gasteiger partial charge in [-0.2, -0.15) is 0 Å². The summed E-state index contributed by atoms with van der Waals surface area (Å²) in [5, 5.41) is 6.61. The number of anilines is 3. The van der Waals surface area contributed by atoms with E-state index in [1.165, 1.54) is 38.8 Å². The van der Waals surface area contributed by atoms with E-state index >= 15 is 0 Å². The molecule has 0 unspecified atom stereocenters. The van der Waals surface area contributed by atoms with Crippen LogP contribution in [0.3, 0.4) is 0 Å². The smallest absolute Gasteiger partial charge is 0.160 e. The molecule has 2 heterocycles. The van der Waals surface area contributed by atoms with Crippen LogP contribution in [0.2, 0.25) is 0 Å². The fraction of sp³-hybridized carbons (Fsp3) is 0.0545. The fourth-order valence-electron chi connectivity index (χ4n) is 9.68. The number of hydrogen-bond donors (Lipinski definition) is 0. The molecule has 1 aliphatic rings. The molecule has 0 spiro atoms. The minimum atomic E-state index is -0.179. The Morgan fingerprint density at radius 2 is 1.05 bits per heavy atom. The Morgan fingerprint density at radius 1 is 0.414 bits per heavy atom. The second-order valence-corrected chi connectivity index (χ2v) is 16.0. The van der Waals surface area contributed by atoms with E-state index < -0.39 is 0 Å². The fourth-order valence-corrected chi connectivity index (χ4v) is 9.68. The third kappa shape index (κ3) is 4.74. The summed E-state index contributed by atoms with van der Waals surface area (Å²) in [6.07, 6.45) is 0. The molecule has 0 amide bonds. The number of furan rings is 2. The number of fused-ring (bicyclic) bond motifs is 11. The molecule has 1 aliphatic carbocycles. The van der Waals surface area contributed by atoms with E-state index in [1.807, 2.05) is 18.2 Å². The summed E-state index contributed by atoms with van der Waals surface area (Å²) in [5.74, 6) is 0. The van der Waals surface area contributed by atoms with Crippen molar-refractivity contribution in [2.75, 3.05) is 4.90 Å². The van der Waals surface area contributed by atoms with Gasteiger partial charge in [-0.15, -0.1) is 0 Å². The SMILES string of the molecule is CC1(C)c2ccccc2-c2ccc(N(c3cccc4ccccc34)c3c(-c4ccc(-c5ccccc5)cc4)ccc4c3oc3ccc5oc6ccccc6c5c34)cc21. The van der Waals surface area contributed by atoms with Crippen LogP contribution in [0.15, 0.2) is 197 Å². The number of nitrogens with zero attached hydrogens (tertiary/aromatic N) is 1. The minimum absolute atomic E-state index is 0.179. The summed E-state index contributed by atoms with van der Waals surface area (Å²) >= 11 is 0. The van der Waals surface area contributed by atoms with Crippen LogP contribution in [0.1, 0.15) is 25.0 Å². The standard InChI is InChI=1S/C55H37NO2/c1-55(2)45-20-10-8-18-41(45)42-28-27-38(33-46(42)55)56(47-21-12-16-36-15-6-7-17-39(36)47)53-40(37-25-23-35(24-26-37)34-13-4-3-5-14-34)29-30-44-52-50(58-54(44)53)32-31-49-51(52)43-19-9-11-22-48(43)57-49/h3-33H,1-2H3. The van der Waals surface area contributed by atoms with Gasteiger partial charge in [0.1, 0.15) is 16.7 Å². The topological polar surface area (TPSA) is 29.5 Å². The van der Waals surface area contributed by atoms with E-state index in [1.54, 1.807) is 0 Å². The zero-order valence-corrected chi connectivity index (χ0v) is 32.2. The van der Waals surface area contributed by atoms with Crippen LogP contribution in [0.25, 0.3) is 88.0 Å². The van der Waals surface area contributed by atoms with Crippen molar-refractivity contribution in [3.05, 3.63) is 199 Å². The zero-order valence-electron chi connectivity index (χ0n) is 32.2. The summed E-state index contributed by atoms with van der Waals surface area (Å²) in [6.45, 7) is 4.70. The largest absolute Gasteiger partial charge is 0.456 e. The van der Waals surface area contributed by atoms with Crippen LogP contribution in [-0.2, 0) is 5.41 Å².